The van der Waals surface area contributed by atoms with Gasteiger partial charge in [-0.15, -0.1) is 0 Å². The quantitative estimate of drug-likeness (QED) is 0.756. The van der Waals surface area contributed by atoms with Crippen molar-refractivity contribution in [2.45, 2.75) is 39.2 Å². The fraction of sp³-hybridized carbons (Fsp3) is 0.667. The van der Waals surface area contributed by atoms with E-state index >= 15 is 0 Å². The number of ether oxygens (including phenoxy) is 1. The second-order valence-electron chi connectivity index (χ2n) is 4.09. The Morgan fingerprint density at radius 1 is 1.47 bits per heavy atom. The van der Waals surface area contributed by atoms with Gasteiger partial charge in [-0.25, -0.2) is 4.98 Å². The Morgan fingerprint density at radius 2 is 2.24 bits per heavy atom. The minimum Gasteiger partial charge on any atom is -0.481 e. The number of nitrogens with zero attached hydrogens (tertiary/aromatic N) is 2. The van der Waals surface area contributed by atoms with Gasteiger partial charge in [-0.2, -0.15) is 4.98 Å². The minimum atomic E-state index is 0.224. The Hall–Kier alpha value is -1.36. The zero-order valence-corrected chi connectivity index (χ0v) is 10.9. The van der Waals surface area contributed by atoms with Crippen LogP contribution in [0.5, 0.6) is 5.88 Å². The molecule has 1 aromatic heterocycles. The van der Waals surface area contributed by atoms with Crippen LogP contribution in [0.25, 0.3) is 0 Å². The van der Waals surface area contributed by atoms with E-state index in [1.807, 2.05) is 6.92 Å². The van der Waals surface area contributed by atoms with Crippen molar-refractivity contribution in [3.63, 3.8) is 0 Å². The highest BCUT2D eigenvalue weighted by molar-refractivity contribution is 5.31. The molecular formula is C12H22N4O. The Morgan fingerprint density at radius 3 is 2.82 bits per heavy atom. The summed E-state index contributed by atoms with van der Waals surface area (Å²) in [7, 11) is 1.60. The standard InChI is InChI=1S/C12H22N4O/c1-4-5-6-10(8-13)15-12-14-9(2)7-11(16-12)17-3/h7,10H,4-6,8,13H2,1-3H3,(H,14,15,16). The van der Waals surface area contributed by atoms with Gasteiger partial charge in [0.25, 0.3) is 0 Å². The third-order valence-electron chi connectivity index (χ3n) is 2.56. The minimum absolute atomic E-state index is 0.224. The SMILES string of the molecule is CCCCC(CN)Nc1nc(C)cc(OC)n1. The molecule has 1 heterocycles. The summed E-state index contributed by atoms with van der Waals surface area (Å²) in [5.74, 6) is 1.17. The van der Waals surface area contributed by atoms with Crippen molar-refractivity contribution in [1.82, 2.24) is 9.97 Å². The topological polar surface area (TPSA) is 73.1 Å². The average molecular weight is 238 g/mol. The van der Waals surface area contributed by atoms with Crippen LogP contribution in [-0.2, 0) is 0 Å². The number of rotatable bonds is 7. The maximum atomic E-state index is 5.72. The van der Waals surface area contributed by atoms with Crippen LogP contribution in [0.15, 0.2) is 6.07 Å². The zero-order valence-electron chi connectivity index (χ0n) is 10.9. The van der Waals surface area contributed by atoms with Crippen molar-refractivity contribution in [1.29, 1.82) is 0 Å². The first kappa shape index (κ1) is 13.7. The summed E-state index contributed by atoms with van der Waals surface area (Å²) in [4.78, 5) is 8.57. The predicted molar refractivity (Wildman–Crippen MR) is 69.3 cm³/mol. The molecule has 96 valence electrons. The van der Waals surface area contributed by atoms with Crippen LogP contribution < -0.4 is 15.8 Å². The van der Waals surface area contributed by atoms with Crippen molar-refractivity contribution >= 4 is 5.95 Å². The summed E-state index contributed by atoms with van der Waals surface area (Å²) < 4.78 is 5.11. The van der Waals surface area contributed by atoms with Crippen LogP contribution >= 0.6 is 0 Å². The molecule has 0 saturated carbocycles. The van der Waals surface area contributed by atoms with E-state index in [0.29, 0.717) is 18.4 Å². The Balaban J connectivity index is 2.68. The molecule has 1 rings (SSSR count). The van der Waals surface area contributed by atoms with E-state index in [9.17, 15) is 0 Å². The van der Waals surface area contributed by atoms with E-state index in [-0.39, 0.29) is 6.04 Å². The van der Waals surface area contributed by atoms with E-state index in [1.165, 1.54) is 0 Å². The fourth-order valence-corrected chi connectivity index (χ4v) is 1.59. The number of nitrogens with one attached hydrogen (secondary N) is 1. The molecule has 0 amide bonds. The molecule has 17 heavy (non-hydrogen) atoms. The van der Waals surface area contributed by atoms with E-state index in [0.717, 1.165) is 25.0 Å². The summed E-state index contributed by atoms with van der Waals surface area (Å²) in [6.07, 6.45) is 3.35. The molecule has 0 bridgehead atoms. The largest absolute Gasteiger partial charge is 0.481 e. The lowest BCUT2D eigenvalue weighted by molar-refractivity contribution is 0.396. The van der Waals surface area contributed by atoms with Gasteiger partial charge in [0.2, 0.25) is 11.8 Å². The number of anilines is 1. The molecule has 1 atom stereocenters. The highest BCUT2D eigenvalue weighted by Crippen LogP contribution is 2.13. The summed E-state index contributed by atoms with van der Waals surface area (Å²) in [5, 5.41) is 3.25. The Bertz CT molecular complexity index is 343. The second-order valence-corrected chi connectivity index (χ2v) is 4.09. The molecule has 0 aromatic carbocycles. The number of nitrogens with two attached hydrogens (primary N) is 1. The molecular weight excluding hydrogens is 216 g/mol. The van der Waals surface area contributed by atoms with E-state index in [2.05, 4.69) is 22.2 Å². The summed E-state index contributed by atoms with van der Waals surface area (Å²) in [6.45, 7) is 4.66. The molecule has 0 aliphatic carbocycles. The molecule has 0 radical (unpaired) electrons. The van der Waals surface area contributed by atoms with Crippen LogP contribution in [0.3, 0.4) is 0 Å². The van der Waals surface area contributed by atoms with Crippen molar-refractivity contribution in [3.8, 4) is 5.88 Å². The highest BCUT2D eigenvalue weighted by atomic mass is 16.5. The van der Waals surface area contributed by atoms with Crippen molar-refractivity contribution in [2.75, 3.05) is 19.0 Å². The number of aryl methyl sites for hydroxylation is 1. The molecule has 0 aliphatic rings. The van der Waals surface area contributed by atoms with Gasteiger partial charge in [-0.1, -0.05) is 19.8 Å². The maximum Gasteiger partial charge on any atom is 0.226 e. The van der Waals surface area contributed by atoms with Crippen LogP contribution in [0, 0.1) is 6.92 Å². The molecule has 1 unspecified atom stereocenters. The van der Waals surface area contributed by atoms with Gasteiger partial charge in [0.1, 0.15) is 0 Å². The normalized spacial score (nSPS) is 12.2. The van der Waals surface area contributed by atoms with Gasteiger partial charge < -0.3 is 15.8 Å². The molecule has 1 aromatic rings. The Labute approximate surface area is 103 Å². The third-order valence-corrected chi connectivity index (χ3v) is 2.56. The molecule has 0 saturated heterocycles. The first-order chi connectivity index (χ1) is 8.19. The molecule has 0 fully saturated rings. The van der Waals surface area contributed by atoms with Gasteiger partial charge in [-0.05, 0) is 13.3 Å². The number of hydrogen-bond donors (Lipinski definition) is 2. The predicted octanol–water partition coefficient (Wildman–Crippen LogP) is 1.72. The van der Waals surface area contributed by atoms with Gasteiger partial charge in [-0.3, -0.25) is 0 Å². The van der Waals surface area contributed by atoms with Crippen LogP contribution in [0.1, 0.15) is 31.9 Å². The number of unbranched alkanes of at least 4 members (excludes halogenated alkanes) is 1. The third kappa shape index (κ3) is 4.56. The van der Waals surface area contributed by atoms with Gasteiger partial charge in [0.05, 0.1) is 7.11 Å². The lowest BCUT2D eigenvalue weighted by Crippen LogP contribution is -2.29. The van der Waals surface area contributed by atoms with Crippen molar-refractivity contribution in [2.24, 2.45) is 5.73 Å². The van der Waals surface area contributed by atoms with Gasteiger partial charge in [0.15, 0.2) is 0 Å². The monoisotopic (exact) mass is 238 g/mol. The first-order valence-corrected chi connectivity index (χ1v) is 6.05. The summed E-state index contributed by atoms with van der Waals surface area (Å²) in [5.41, 5.74) is 6.60. The van der Waals surface area contributed by atoms with E-state index < -0.39 is 0 Å². The molecule has 5 nitrogen and oxygen atoms in total. The summed E-state index contributed by atoms with van der Waals surface area (Å²) >= 11 is 0. The van der Waals surface area contributed by atoms with Gasteiger partial charge >= 0.3 is 0 Å². The van der Waals surface area contributed by atoms with Gasteiger partial charge in [0, 0.05) is 24.3 Å². The van der Waals surface area contributed by atoms with E-state index in [4.69, 9.17) is 10.5 Å². The fourth-order valence-electron chi connectivity index (χ4n) is 1.59. The van der Waals surface area contributed by atoms with Crippen LogP contribution in [0.4, 0.5) is 5.95 Å². The number of methoxy groups -OCH3 is 1. The molecule has 0 aliphatic heterocycles. The molecule has 5 heteroatoms. The number of hydrogen-bond acceptors (Lipinski definition) is 5. The molecule has 3 N–H and O–H groups in total. The number of aromatic nitrogens is 2. The van der Waals surface area contributed by atoms with Crippen molar-refractivity contribution in [3.05, 3.63) is 11.8 Å². The average Bonchev–Trinajstić information content (AvgIpc) is 2.33. The maximum absolute atomic E-state index is 5.72. The highest BCUT2D eigenvalue weighted by Gasteiger charge is 2.09. The zero-order chi connectivity index (χ0) is 12.7. The smallest absolute Gasteiger partial charge is 0.226 e. The van der Waals surface area contributed by atoms with Crippen LogP contribution in [0.2, 0.25) is 0 Å². The molecule has 0 spiro atoms. The lowest BCUT2D eigenvalue weighted by Gasteiger charge is -2.16. The first-order valence-electron chi connectivity index (χ1n) is 6.05. The van der Waals surface area contributed by atoms with Crippen molar-refractivity contribution < 1.29 is 4.74 Å². The Kier molecular flexibility index (Phi) is 5.69. The second kappa shape index (κ2) is 7.06. The summed E-state index contributed by atoms with van der Waals surface area (Å²) in [6, 6.07) is 2.02. The van der Waals surface area contributed by atoms with Crippen LogP contribution in [-0.4, -0.2) is 29.7 Å². The van der Waals surface area contributed by atoms with E-state index in [1.54, 1.807) is 13.2 Å². The lowest BCUT2D eigenvalue weighted by atomic mass is 10.1.